The number of hydrogen-bond donors (Lipinski definition) is 2. The lowest BCUT2D eigenvalue weighted by Crippen LogP contribution is -2.10. The van der Waals surface area contributed by atoms with Gasteiger partial charge in [-0.05, 0) is 25.0 Å². The number of nitrogens with zero attached hydrogens (tertiary/aromatic N) is 1. The number of carboxylic acid groups (broad SMARTS) is 1. The number of unbranched alkanes of at least 4 members (excludes halogenated alkanes) is 6. The van der Waals surface area contributed by atoms with Crippen LogP contribution in [0.3, 0.4) is 0 Å². The molecule has 0 aliphatic rings. The van der Waals surface area contributed by atoms with E-state index in [1.54, 1.807) is 0 Å². The van der Waals surface area contributed by atoms with E-state index in [0.717, 1.165) is 50.7 Å². The number of anilines is 1. The third kappa shape index (κ3) is 8.17. The molecule has 0 aromatic heterocycles. The van der Waals surface area contributed by atoms with E-state index in [0.29, 0.717) is 13.0 Å². The molecule has 0 saturated carbocycles. The normalized spacial score (nSPS) is 11.3. The number of carbonyl (C=O) groups is 1. The molecule has 0 fully saturated rings. The molecule has 0 saturated heterocycles. The Morgan fingerprint density at radius 3 is 2.19 bits per heavy atom. The Morgan fingerprint density at radius 2 is 1.65 bits per heavy atom. The molecule has 0 aliphatic heterocycles. The lowest BCUT2D eigenvalue weighted by Gasteiger charge is -2.11. The zero-order chi connectivity index (χ0) is 19.6. The molecule has 0 atom stereocenters. The second-order valence-corrected chi connectivity index (χ2v) is 6.03. The second kappa shape index (κ2) is 10.6. The van der Waals surface area contributed by atoms with Crippen molar-refractivity contribution in [3.05, 3.63) is 33.9 Å². The summed E-state index contributed by atoms with van der Waals surface area (Å²) in [6.07, 6.45) is 1.60. The molecule has 0 aliphatic carbocycles. The van der Waals surface area contributed by atoms with Crippen LogP contribution in [0.25, 0.3) is 0 Å². The highest BCUT2D eigenvalue weighted by Crippen LogP contribution is 2.37. The third-order valence-electron chi connectivity index (χ3n) is 3.90. The lowest BCUT2D eigenvalue weighted by molar-refractivity contribution is -0.388. The SMILES string of the molecule is O=C(O)CCCCCCCCCNc1ccc([N+](=O)[O-])c(C(F)(F)F)c1. The van der Waals surface area contributed by atoms with Crippen LogP contribution >= 0.6 is 0 Å². The first-order chi connectivity index (χ1) is 12.2. The minimum atomic E-state index is -4.78. The summed E-state index contributed by atoms with van der Waals surface area (Å²) in [6.45, 7) is 0.480. The smallest absolute Gasteiger partial charge is 0.423 e. The van der Waals surface area contributed by atoms with Crippen LogP contribution in [0.4, 0.5) is 24.5 Å². The van der Waals surface area contributed by atoms with Crippen molar-refractivity contribution < 1.29 is 28.0 Å². The monoisotopic (exact) mass is 376 g/mol. The summed E-state index contributed by atoms with van der Waals surface area (Å²) in [5, 5.41) is 22.1. The van der Waals surface area contributed by atoms with Gasteiger partial charge in [0.15, 0.2) is 0 Å². The maximum Gasteiger partial charge on any atom is 0.423 e. The summed E-state index contributed by atoms with van der Waals surface area (Å²) in [4.78, 5) is 20.0. The molecule has 0 heterocycles. The molecular weight excluding hydrogens is 353 g/mol. The number of alkyl halides is 3. The number of nitro groups is 1. The zero-order valence-corrected chi connectivity index (χ0v) is 14.3. The van der Waals surface area contributed by atoms with E-state index >= 15 is 0 Å². The molecule has 1 rings (SSSR count). The van der Waals surface area contributed by atoms with Gasteiger partial charge in [-0.15, -0.1) is 0 Å². The number of halogens is 3. The fourth-order valence-electron chi connectivity index (χ4n) is 2.55. The van der Waals surface area contributed by atoms with Gasteiger partial charge < -0.3 is 10.4 Å². The summed E-state index contributed by atoms with van der Waals surface area (Å²) in [7, 11) is 0. The Balaban J connectivity index is 2.29. The van der Waals surface area contributed by atoms with Gasteiger partial charge in [0.2, 0.25) is 0 Å². The van der Waals surface area contributed by atoms with Crippen molar-refractivity contribution in [2.24, 2.45) is 0 Å². The second-order valence-electron chi connectivity index (χ2n) is 6.03. The molecule has 146 valence electrons. The van der Waals surface area contributed by atoms with Crippen molar-refractivity contribution in [3.63, 3.8) is 0 Å². The quantitative estimate of drug-likeness (QED) is 0.296. The summed E-state index contributed by atoms with van der Waals surface area (Å²) in [5.74, 6) is -0.781. The van der Waals surface area contributed by atoms with Gasteiger partial charge >= 0.3 is 12.1 Å². The van der Waals surface area contributed by atoms with Crippen LogP contribution < -0.4 is 5.32 Å². The molecule has 0 spiro atoms. The average molecular weight is 376 g/mol. The Hall–Kier alpha value is -2.32. The highest BCUT2D eigenvalue weighted by atomic mass is 19.4. The number of benzene rings is 1. The van der Waals surface area contributed by atoms with Crippen LogP contribution in [0.15, 0.2) is 18.2 Å². The van der Waals surface area contributed by atoms with Gasteiger partial charge in [0.1, 0.15) is 5.56 Å². The minimum Gasteiger partial charge on any atom is -0.481 e. The topological polar surface area (TPSA) is 92.5 Å². The highest BCUT2D eigenvalue weighted by molar-refractivity contribution is 5.66. The minimum absolute atomic E-state index is 0.194. The predicted octanol–water partition coefficient (Wildman–Crippen LogP) is 5.23. The third-order valence-corrected chi connectivity index (χ3v) is 3.90. The van der Waals surface area contributed by atoms with Gasteiger partial charge in [-0.25, -0.2) is 0 Å². The number of aliphatic carboxylic acids is 1. The maximum absolute atomic E-state index is 12.9. The van der Waals surface area contributed by atoms with Crippen LogP contribution in [0.1, 0.15) is 56.9 Å². The van der Waals surface area contributed by atoms with Crippen molar-refractivity contribution >= 4 is 17.3 Å². The van der Waals surface area contributed by atoms with Crippen LogP contribution in [0.2, 0.25) is 0 Å². The average Bonchev–Trinajstić information content (AvgIpc) is 2.55. The first-order valence-electron chi connectivity index (χ1n) is 8.53. The Labute approximate surface area is 149 Å². The fourth-order valence-corrected chi connectivity index (χ4v) is 2.55. The largest absolute Gasteiger partial charge is 0.481 e. The molecule has 6 nitrogen and oxygen atoms in total. The molecule has 2 N–H and O–H groups in total. The molecule has 0 bridgehead atoms. The van der Waals surface area contributed by atoms with Crippen LogP contribution in [0, 0.1) is 10.1 Å². The Morgan fingerprint density at radius 1 is 1.08 bits per heavy atom. The molecule has 26 heavy (non-hydrogen) atoms. The fraction of sp³-hybridized carbons (Fsp3) is 0.588. The van der Waals surface area contributed by atoms with E-state index in [1.165, 1.54) is 6.07 Å². The molecular formula is C17H23F3N2O4. The van der Waals surface area contributed by atoms with Gasteiger partial charge in [-0.3, -0.25) is 14.9 Å². The van der Waals surface area contributed by atoms with Crippen molar-refractivity contribution in [1.82, 2.24) is 0 Å². The van der Waals surface area contributed by atoms with Crippen LogP contribution in [-0.4, -0.2) is 22.5 Å². The maximum atomic E-state index is 12.9. The Bertz CT molecular complexity index is 606. The summed E-state index contributed by atoms with van der Waals surface area (Å²) < 4.78 is 38.7. The van der Waals surface area contributed by atoms with Crippen LogP contribution in [0.5, 0.6) is 0 Å². The van der Waals surface area contributed by atoms with Gasteiger partial charge in [-0.2, -0.15) is 13.2 Å². The number of hydrogen-bond acceptors (Lipinski definition) is 4. The van der Waals surface area contributed by atoms with Gasteiger partial charge in [-0.1, -0.05) is 32.1 Å². The first kappa shape index (κ1) is 21.7. The zero-order valence-electron chi connectivity index (χ0n) is 14.3. The van der Waals surface area contributed by atoms with Crippen LogP contribution in [-0.2, 0) is 11.0 Å². The van der Waals surface area contributed by atoms with Crippen molar-refractivity contribution in [3.8, 4) is 0 Å². The van der Waals surface area contributed by atoms with E-state index in [4.69, 9.17) is 5.11 Å². The highest BCUT2D eigenvalue weighted by Gasteiger charge is 2.38. The molecule has 0 amide bonds. The number of nitro benzene ring substituents is 1. The van der Waals surface area contributed by atoms with Crippen molar-refractivity contribution in [2.75, 3.05) is 11.9 Å². The molecule has 9 heteroatoms. The van der Waals surface area contributed by atoms with E-state index in [9.17, 15) is 28.1 Å². The van der Waals surface area contributed by atoms with E-state index in [-0.39, 0.29) is 12.1 Å². The summed E-state index contributed by atoms with van der Waals surface area (Å²) in [6, 6.07) is 2.90. The first-order valence-corrected chi connectivity index (χ1v) is 8.53. The van der Waals surface area contributed by atoms with E-state index in [2.05, 4.69) is 5.32 Å². The number of carboxylic acids is 1. The van der Waals surface area contributed by atoms with Crippen molar-refractivity contribution in [2.45, 2.75) is 57.5 Å². The lowest BCUT2D eigenvalue weighted by atomic mass is 10.1. The summed E-state index contributed by atoms with van der Waals surface area (Å²) >= 11 is 0. The number of nitrogens with one attached hydrogen (secondary N) is 1. The van der Waals surface area contributed by atoms with Gasteiger partial charge in [0.25, 0.3) is 5.69 Å². The Kier molecular flexibility index (Phi) is 8.87. The molecule has 1 aromatic rings. The molecule has 0 radical (unpaired) electrons. The molecule has 1 aromatic carbocycles. The van der Waals surface area contributed by atoms with E-state index < -0.39 is 28.3 Å². The number of rotatable bonds is 12. The van der Waals surface area contributed by atoms with Gasteiger partial charge in [0, 0.05) is 24.7 Å². The van der Waals surface area contributed by atoms with Gasteiger partial charge in [0.05, 0.1) is 4.92 Å². The predicted molar refractivity (Wildman–Crippen MR) is 91.2 cm³/mol. The van der Waals surface area contributed by atoms with E-state index in [1.807, 2.05) is 0 Å². The standard InChI is InChI=1S/C17H23F3N2O4/c18-17(19,20)14-12-13(9-10-15(14)22(25)26)21-11-7-5-3-1-2-4-6-8-16(23)24/h9-10,12,21H,1-8,11H2,(H,23,24). The van der Waals surface area contributed by atoms with Crippen molar-refractivity contribution in [1.29, 1.82) is 0 Å². The summed E-state index contributed by atoms with van der Waals surface area (Å²) in [5.41, 5.74) is -2.00. The molecule has 0 unspecified atom stereocenters.